The molecule has 2 heteroatoms. The van der Waals surface area contributed by atoms with Crippen molar-refractivity contribution < 1.29 is 0 Å². The van der Waals surface area contributed by atoms with Crippen molar-refractivity contribution in [2.24, 2.45) is 0 Å². The van der Waals surface area contributed by atoms with Gasteiger partial charge < -0.3 is 9.13 Å². The van der Waals surface area contributed by atoms with Crippen LogP contribution in [0.3, 0.4) is 0 Å². The van der Waals surface area contributed by atoms with Crippen LogP contribution in [0, 0.1) is 0 Å². The van der Waals surface area contributed by atoms with Crippen LogP contribution in [0.1, 0.15) is 11.1 Å². The molecule has 0 unspecified atom stereocenters. The lowest BCUT2D eigenvalue weighted by Gasteiger charge is -2.16. The summed E-state index contributed by atoms with van der Waals surface area (Å²) in [4.78, 5) is 0. The molecule has 8 aromatic carbocycles. The highest BCUT2D eigenvalue weighted by Gasteiger charge is 2.25. The average molecular weight is 649 g/mol. The Kier molecular flexibility index (Phi) is 6.05. The Morgan fingerprint density at radius 2 is 0.843 bits per heavy atom. The molecule has 2 aromatic heterocycles. The number of nitrogens with zero attached hydrogens (tertiary/aromatic N) is 2. The zero-order chi connectivity index (χ0) is 33.5. The lowest BCUT2D eigenvalue weighted by atomic mass is 9.93. The van der Waals surface area contributed by atoms with Crippen molar-refractivity contribution in [2.75, 3.05) is 0 Å². The van der Waals surface area contributed by atoms with Crippen molar-refractivity contribution in [1.29, 1.82) is 0 Å². The topological polar surface area (TPSA) is 9.86 Å². The fraction of sp³-hybridized carbons (Fsp3) is 0.0204. The lowest BCUT2D eigenvalue weighted by Crippen LogP contribution is -1.98. The number of benzene rings is 8. The van der Waals surface area contributed by atoms with E-state index in [1.165, 1.54) is 99.5 Å². The number of aromatic nitrogens is 2. The number of rotatable bonds is 4. The first kappa shape index (κ1) is 28.2. The van der Waals surface area contributed by atoms with Crippen molar-refractivity contribution in [3.8, 4) is 44.8 Å². The van der Waals surface area contributed by atoms with Crippen LogP contribution in [0.15, 0.2) is 182 Å². The van der Waals surface area contributed by atoms with E-state index in [0.717, 1.165) is 6.42 Å². The molecule has 0 saturated carbocycles. The van der Waals surface area contributed by atoms with E-state index in [0.29, 0.717) is 0 Å². The molecule has 1 aliphatic rings. The third-order valence-corrected chi connectivity index (χ3v) is 11.0. The van der Waals surface area contributed by atoms with Crippen LogP contribution < -0.4 is 0 Å². The second-order valence-electron chi connectivity index (χ2n) is 13.7. The largest absolute Gasteiger partial charge is 0.309 e. The molecule has 238 valence electrons. The molecule has 0 saturated heterocycles. The van der Waals surface area contributed by atoms with Gasteiger partial charge in [-0.05, 0) is 99.5 Å². The maximum Gasteiger partial charge on any atom is 0.0548 e. The molecule has 0 bridgehead atoms. The molecule has 0 radical (unpaired) electrons. The Hall–Kier alpha value is -6.64. The molecule has 1 aliphatic carbocycles. The first-order valence-corrected chi connectivity index (χ1v) is 17.7. The first-order chi connectivity index (χ1) is 25.3. The van der Waals surface area contributed by atoms with E-state index in [9.17, 15) is 0 Å². The molecular weight excluding hydrogens is 617 g/mol. The van der Waals surface area contributed by atoms with Gasteiger partial charge in [0.25, 0.3) is 0 Å². The molecule has 51 heavy (non-hydrogen) atoms. The minimum Gasteiger partial charge on any atom is -0.309 e. The van der Waals surface area contributed by atoms with Gasteiger partial charge in [-0.15, -0.1) is 0 Å². The van der Waals surface area contributed by atoms with Gasteiger partial charge in [-0.1, -0.05) is 133 Å². The molecule has 2 nitrogen and oxygen atoms in total. The van der Waals surface area contributed by atoms with E-state index < -0.39 is 0 Å². The Morgan fingerprint density at radius 3 is 1.53 bits per heavy atom. The van der Waals surface area contributed by atoms with Gasteiger partial charge >= 0.3 is 0 Å². The number of hydrogen-bond donors (Lipinski definition) is 0. The van der Waals surface area contributed by atoms with Crippen molar-refractivity contribution in [3.63, 3.8) is 0 Å². The quantitative estimate of drug-likeness (QED) is 0.180. The average Bonchev–Trinajstić information content (AvgIpc) is 3.86. The maximum atomic E-state index is 2.50. The second-order valence-corrected chi connectivity index (χ2v) is 13.7. The molecule has 2 heterocycles. The van der Waals surface area contributed by atoms with Gasteiger partial charge in [0.05, 0.1) is 22.1 Å². The van der Waals surface area contributed by atoms with Crippen LogP contribution in [0.4, 0.5) is 0 Å². The normalized spacial score (nSPS) is 12.2. The third kappa shape index (κ3) is 4.17. The van der Waals surface area contributed by atoms with E-state index in [1.807, 2.05) is 0 Å². The highest BCUT2D eigenvalue weighted by atomic mass is 15.0. The smallest absolute Gasteiger partial charge is 0.0548 e. The van der Waals surface area contributed by atoms with E-state index in [2.05, 4.69) is 191 Å². The number of hydrogen-bond acceptors (Lipinski definition) is 0. The van der Waals surface area contributed by atoms with Gasteiger partial charge in [-0.25, -0.2) is 0 Å². The molecule has 0 atom stereocenters. The summed E-state index contributed by atoms with van der Waals surface area (Å²) in [6, 6.07) is 66.8. The molecule has 0 amide bonds. The van der Waals surface area contributed by atoms with Crippen molar-refractivity contribution in [2.45, 2.75) is 6.42 Å². The zero-order valence-corrected chi connectivity index (χ0v) is 27.9. The lowest BCUT2D eigenvalue weighted by molar-refractivity contribution is 1.17. The number of para-hydroxylation sites is 3. The van der Waals surface area contributed by atoms with Crippen LogP contribution in [0.25, 0.3) is 88.4 Å². The fourth-order valence-electron chi connectivity index (χ4n) is 8.73. The summed E-state index contributed by atoms with van der Waals surface area (Å²) in [6.45, 7) is 0. The Bertz CT molecular complexity index is 2960. The van der Waals surface area contributed by atoms with Gasteiger partial charge in [0, 0.05) is 32.9 Å². The maximum absolute atomic E-state index is 2.50. The van der Waals surface area contributed by atoms with Crippen LogP contribution in [0.2, 0.25) is 0 Å². The Labute approximate surface area is 296 Å². The predicted octanol–water partition coefficient (Wildman–Crippen LogP) is 12.8. The van der Waals surface area contributed by atoms with Crippen molar-refractivity contribution >= 4 is 43.6 Å². The zero-order valence-electron chi connectivity index (χ0n) is 27.9. The van der Waals surface area contributed by atoms with Crippen LogP contribution in [0.5, 0.6) is 0 Å². The second kappa shape index (κ2) is 10.9. The van der Waals surface area contributed by atoms with Crippen LogP contribution in [-0.4, -0.2) is 9.13 Å². The van der Waals surface area contributed by atoms with E-state index >= 15 is 0 Å². The molecule has 11 rings (SSSR count). The van der Waals surface area contributed by atoms with Crippen molar-refractivity contribution in [1.82, 2.24) is 9.13 Å². The standard InChI is InChI=1S/C49H32N2/c1-3-13-32(14-4-1)33-23-25-34(26-24-33)41-30-37(31-43-38-18-8-7-15-35(38)29-42(41)43)51-45-22-12-10-20-40(45)49-47(51)28-27-46-48(49)39-19-9-11-21-44(39)50(46)36-16-5-2-6-17-36/h1-28,30-31H,29H2. The summed E-state index contributed by atoms with van der Waals surface area (Å²) < 4.78 is 4.92. The van der Waals surface area contributed by atoms with E-state index in [4.69, 9.17) is 0 Å². The van der Waals surface area contributed by atoms with Gasteiger partial charge in [-0.2, -0.15) is 0 Å². The van der Waals surface area contributed by atoms with Crippen LogP contribution >= 0.6 is 0 Å². The van der Waals surface area contributed by atoms with Gasteiger partial charge in [0.15, 0.2) is 0 Å². The monoisotopic (exact) mass is 648 g/mol. The molecule has 0 spiro atoms. The van der Waals surface area contributed by atoms with Crippen LogP contribution in [-0.2, 0) is 6.42 Å². The minimum atomic E-state index is 0.939. The summed E-state index contributed by atoms with van der Waals surface area (Å²) in [5.41, 5.74) is 17.7. The van der Waals surface area contributed by atoms with E-state index in [1.54, 1.807) is 0 Å². The van der Waals surface area contributed by atoms with Gasteiger partial charge in [-0.3, -0.25) is 0 Å². The van der Waals surface area contributed by atoms with E-state index in [-0.39, 0.29) is 0 Å². The Balaban J connectivity index is 1.21. The first-order valence-electron chi connectivity index (χ1n) is 17.7. The van der Waals surface area contributed by atoms with Gasteiger partial charge in [0.1, 0.15) is 0 Å². The van der Waals surface area contributed by atoms with Gasteiger partial charge in [0.2, 0.25) is 0 Å². The third-order valence-electron chi connectivity index (χ3n) is 11.0. The molecule has 10 aromatic rings. The molecule has 0 N–H and O–H groups in total. The summed E-state index contributed by atoms with van der Waals surface area (Å²) in [6.07, 6.45) is 0.939. The Morgan fingerprint density at radius 1 is 0.333 bits per heavy atom. The molecular formula is C49H32N2. The summed E-state index contributed by atoms with van der Waals surface area (Å²) in [5, 5.41) is 5.13. The summed E-state index contributed by atoms with van der Waals surface area (Å²) >= 11 is 0. The summed E-state index contributed by atoms with van der Waals surface area (Å²) in [7, 11) is 0. The SMILES string of the molecule is c1ccc(-c2ccc(-c3cc(-n4c5ccccc5c5c6c7ccccc7n(-c7ccccc7)c6ccc54)cc4c3Cc3ccccc3-4)cc2)cc1. The van der Waals surface area contributed by atoms with Crippen molar-refractivity contribution in [3.05, 3.63) is 193 Å². The summed E-state index contributed by atoms with van der Waals surface area (Å²) in [5.74, 6) is 0. The number of fused-ring (bicyclic) bond motifs is 10. The molecule has 0 aliphatic heterocycles. The molecule has 0 fully saturated rings. The minimum absolute atomic E-state index is 0.939. The predicted molar refractivity (Wildman–Crippen MR) is 214 cm³/mol. The highest BCUT2D eigenvalue weighted by Crippen LogP contribution is 2.46. The fourth-order valence-corrected chi connectivity index (χ4v) is 8.73. The highest BCUT2D eigenvalue weighted by molar-refractivity contribution is 6.29.